The summed E-state index contributed by atoms with van der Waals surface area (Å²) in [6, 6.07) is 0. The highest BCUT2D eigenvalue weighted by atomic mass is 32.2. The largest absolute Gasteiger partial charge is 0.346 e. The van der Waals surface area contributed by atoms with Gasteiger partial charge in [-0.25, -0.2) is 0 Å². The molecule has 4 heteroatoms. The van der Waals surface area contributed by atoms with Gasteiger partial charge in [-0.2, -0.15) is 11.8 Å². The minimum atomic E-state index is 1.02. The Kier molecular flexibility index (Phi) is 2.98. The average molecular weight is 199 g/mol. The summed E-state index contributed by atoms with van der Waals surface area (Å²) in [6.45, 7) is 4.54. The van der Waals surface area contributed by atoms with E-state index in [1.165, 1.54) is 43.5 Å². The molecule has 13 heavy (non-hydrogen) atoms. The molecule has 0 aromatic rings. The van der Waals surface area contributed by atoms with Gasteiger partial charge in [0.15, 0.2) is 5.96 Å². The van der Waals surface area contributed by atoms with Crippen LogP contribution < -0.4 is 0 Å². The first-order chi connectivity index (χ1) is 6.38. The molecule has 2 aliphatic heterocycles. The summed E-state index contributed by atoms with van der Waals surface area (Å²) in [5.41, 5.74) is 0. The van der Waals surface area contributed by atoms with Crippen molar-refractivity contribution in [1.29, 1.82) is 0 Å². The molecule has 0 amide bonds. The van der Waals surface area contributed by atoms with Gasteiger partial charge in [0.1, 0.15) is 0 Å². The van der Waals surface area contributed by atoms with Crippen LogP contribution in [0, 0.1) is 0 Å². The van der Waals surface area contributed by atoms with Crippen molar-refractivity contribution in [1.82, 2.24) is 9.80 Å². The van der Waals surface area contributed by atoms with Crippen LogP contribution in [0.25, 0.3) is 0 Å². The number of nitrogens with zero attached hydrogens (tertiary/aromatic N) is 3. The Morgan fingerprint density at radius 1 is 1.23 bits per heavy atom. The number of guanidine groups is 1. The van der Waals surface area contributed by atoms with Gasteiger partial charge in [0, 0.05) is 44.7 Å². The quantitative estimate of drug-likeness (QED) is 0.573. The van der Waals surface area contributed by atoms with Gasteiger partial charge >= 0.3 is 0 Å². The highest BCUT2D eigenvalue weighted by Gasteiger charge is 2.19. The summed E-state index contributed by atoms with van der Waals surface area (Å²) in [5.74, 6) is 3.74. The predicted octanol–water partition coefficient (Wildman–Crippen LogP) is 0.727. The second-order valence-electron chi connectivity index (χ2n) is 3.56. The molecule has 0 aliphatic carbocycles. The standard InChI is InChI=1S/C9H17N3S/c1-11-4-2-3-10-9(11)12-5-7-13-8-6-12/h2-8H2,1H3. The lowest BCUT2D eigenvalue weighted by Gasteiger charge is -2.36. The van der Waals surface area contributed by atoms with Crippen LogP contribution >= 0.6 is 11.8 Å². The molecule has 3 nitrogen and oxygen atoms in total. The topological polar surface area (TPSA) is 18.8 Å². The molecule has 1 saturated heterocycles. The zero-order valence-corrected chi connectivity index (χ0v) is 9.02. The van der Waals surface area contributed by atoms with Gasteiger partial charge in [0.2, 0.25) is 0 Å². The molecule has 2 rings (SSSR count). The van der Waals surface area contributed by atoms with E-state index in [1.807, 2.05) is 11.8 Å². The van der Waals surface area contributed by atoms with E-state index in [0.29, 0.717) is 0 Å². The van der Waals surface area contributed by atoms with Crippen LogP contribution in [0.4, 0.5) is 0 Å². The van der Waals surface area contributed by atoms with E-state index in [0.717, 1.165) is 6.54 Å². The Morgan fingerprint density at radius 2 is 2.00 bits per heavy atom. The molecule has 74 valence electrons. The third-order valence-corrected chi connectivity index (χ3v) is 3.48. The lowest BCUT2D eigenvalue weighted by Crippen LogP contribution is -2.48. The molecule has 0 aromatic carbocycles. The molecular formula is C9H17N3S. The van der Waals surface area contributed by atoms with Gasteiger partial charge in [-0.3, -0.25) is 4.99 Å². The number of thioether (sulfide) groups is 1. The van der Waals surface area contributed by atoms with Gasteiger partial charge in [0.05, 0.1) is 0 Å². The lowest BCUT2D eigenvalue weighted by atomic mass is 10.3. The Balaban J connectivity index is 2.00. The van der Waals surface area contributed by atoms with Crippen molar-refractivity contribution < 1.29 is 0 Å². The zero-order valence-electron chi connectivity index (χ0n) is 8.20. The normalized spacial score (nSPS) is 24.5. The van der Waals surface area contributed by atoms with Crippen LogP contribution in [0.5, 0.6) is 0 Å². The van der Waals surface area contributed by atoms with Crippen molar-refractivity contribution in [2.45, 2.75) is 6.42 Å². The second kappa shape index (κ2) is 4.22. The summed E-state index contributed by atoms with van der Waals surface area (Å²) in [7, 11) is 2.15. The van der Waals surface area contributed by atoms with Crippen molar-refractivity contribution in [3.05, 3.63) is 0 Å². The van der Waals surface area contributed by atoms with Crippen molar-refractivity contribution in [2.75, 3.05) is 44.7 Å². The first kappa shape index (κ1) is 9.19. The fourth-order valence-electron chi connectivity index (χ4n) is 1.81. The minimum Gasteiger partial charge on any atom is -0.346 e. The number of rotatable bonds is 0. The van der Waals surface area contributed by atoms with Crippen molar-refractivity contribution in [2.24, 2.45) is 4.99 Å². The van der Waals surface area contributed by atoms with E-state index in [4.69, 9.17) is 0 Å². The van der Waals surface area contributed by atoms with Gasteiger partial charge in [-0.15, -0.1) is 0 Å². The van der Waals surface area contributed by atoms with Crippen molar-refractivity contribution >= 4 is 17.7 Å². The molecule has 0 bridgehead atoms. The SMILES string of the molecule is CN1CCCN=C1N1CCSCC1. The highest BCUT2D eigenvalue weighted by molar-refractivity contribution is 7.99. The third kappa shape index (κ3) is 2.10. The second-order valence-corrected chi connectivity index (χ2v) is 4.78. The molecule has 0 unspecified atom stereocenters. The third-order valence-electron chi connectivity index (χ3n) is 2.54. The molecule has 2 heterocycles. The van der Waals surface area contributed by atoms with E-state index in [-0.39, 0.29) is 0 Å². The predicted molar refractivity (Wildman–Crippen MR) is 58.4 cm³/mol. The number of hydrogen-bond acceptors (Lipinski definition) is 4. The van der Waals surface area contributed by atoms with Crippen molar-refractivity contribution in [3.8, 4) is 0 Å². The first-order valence-corrected chi connectivity index (χ1v) is 6.11. The summed E-state index contributed by atoms with van der Waals surface area (Å²) in [6.07, 6.45) is 1.21. The molecule has 0 radical (unpaired) electrons. The van der Waals surface area contributed by atoms with E-state index >= 15 is 0 Å². The average Bonchev–Trinajstić information content (AvgIpc) is 2.20. The Morgan fingerprint density at radius 3 is 2.69 bits per heavy atom. The lowest BCUT2D eigenvalue weighted by molar-refractivity contribution is 0.348. The van der Waals surface area contributed by atoms with Gasteiger partial charge in [-0.05, 0) is 6.42 Å². The van der Waals surface area contributed by atoms with E-state index < -0.39 is 0 Å². The van der Waals surface area contributed by atoms with Gasteiger partial charge in [0.25, 0.3) is 0 Å². The molecular weight excluding hydrogens is 182 g/mol. The van der Waals surface area contributed by atoms with Crippen LogP contribution in [0.3, 0.4) is 0 Å². The Hall–Kier alpha value is -0.380. The van der Waals surface area contributed by atoms with Crippen LogP contribution in [0.15, 0.2) is 4.99 Å². The summed E-state index contributed by atoms with van der Waals surface area (Å²) < 4.78 is 0. The van der Waals surface area contributed by atoms with Gasteiger partial charge in [-0.1, -0.05) is 0 Å². The summed E-state index contributed by atoms with van der Waals surface area (Å²) >= 11 is 2.05. The zero-order chi connectivity index (χ0) is 9.10. The molecule has 0 saturated carbocycles. The van der Waals surface area contributed by atoms with E-state index in [2.05, 4.69) is 21.8 Å². The fourth-order valence-corrected chi connectivity index (χ4v) is 2.72. The Labute approximate surface area is 84.2 Å². The smallest absolute Gasteiger partial charge is 0.196 e. The maximum atomic E-state index is 4.59. The monoisotopic (exact) mass is 199 g/mol. The maximum absolute atomic E-state index is 4.59. The summed E-state index contributed by atoms with van der Waals surface area (Å²) in [5, 5.41) is 0. The molecule has 0 N–H and O–H groups in total. The minimum absolute atomic E-state index is 1.02. The maximum Gasteiger partial charge on any atom is 0.196 e. The van der Waals surface area contributed by atoms with E-state index in [9.17, 15) is 0 Å². The Bertz CT molecular complexity index is 199. The highest BCUT2D eigenvalue weighted by Crippen LogP contribution is 2.12. The number of hydrogen-bond donors (Lipinski definition) is 0. The molecule has 1 fully saturated rings. The molecule has 0 aromatic heterocycles. The van der Waals surface area contributed by atoms with Crippen molar-refractivity contribution in [3.63, 3.8) is 0 Å². The van der Waals surface area contributed by atoms with E-state index in [1.54, 1.807) is 0 Å². The number of aliphatic imine (C=N–C) groups is 1. The summed E-state index contributed by atoms with van der Waals surface area (Å²) in [4.78, 5) is 9.31. The molecule has 2 aliphatic rings. The van der Waals surface area contributed by atoms with Crippen LogP contribution in [-0.2, 0) is 0 Å². The fraction of sp³-hybridized carbons (Fsp3) is 0.889. The van der Waals surface area contributed by atoms with Crippen LogP contribution in [-0.4, -0.2) is 60.5 Å². The van der Waals surface area contributed by atoms with Gasteiger partial charge < -0.3 is 9.80 Å². The first-order valence-electron chi connectivity index (χ1n) is 4.96. The molecule has 0 spiro atoms. The van der Waals surface area contributed by atoms with Crippen LogP contribution in [0.2, 0.25) is 0 Å². The van der Waals surface area contributed by atoms with Crippen LogP contribution in [0.1, 0.15) is 6.42 Å². The molecule has 0 atom stereocenters.